The van der Waals surface area contributed by atoms with E-state index in [1.54, 1.807) is 17.8 Å². The van der Waals surface area contributed by atoms with Crippen LogP contribution in [0.3, 0.4) is 0 Å². The molecule has 2 aromatic heterocycles. The number of carbonyl (C=O) groups excluding carboxylic acids is 1. The summed E-state index contributed by atoms with van der Waals surface area (Å²) in [4.78, 5) is 15.6. The van der Waals surface area contributed by atoms with Crippen molar-refractivity contribution in [2.45, 2.75) is 6.92 Å². The van der Waals surface area contributed by atoms with Gasteiger partial charge in [0.1, 0.15) is 8.85 Å². The first-order chi connectivity index (χ1) is 7.00. The summed E-state index contributed by atoms with van der Waals surface area (Å²) in [5.74, 6) is -0.0322. The molecule has 2 aromatic rings. The van der Waals surface area contributed by atoms with E-state index < -0.39 is 0 Å². The Morgan fingerprint density at radius 2 is 2.27 bits per heavy atom. The van der Waals surface area contributed by atoms with E-state index in [9.17, 15) is 4.79 Å². The van der Waals surface area contributed by atoms with Crippen LogP contribution in [0.5, 0.6) is 0 Å². The molecule has 0 radical (unpaired) electrons. The Labute approximate surface area is 105 Å². The fraction of sp³-hybridized carbons (Fsp3) is 0.222. The number of aromatic nitrogens is 3. The number of hydrogen-bond donors (Lipinski definition) is 0. The third-order valence-electron chi connectivity index (χ3n) is 2.10. The van der Waals surface area contributed by atoms with Crippen LogP contribution in [0.2, 0.25) is 5.15 Å². The summed E-state index contributed by atoms with van der Waals surface area (Å²) < 4.78 is 2.38. The molecule has 2 heterocycles. The molecule has 0 amide bonds. The van der Waals surface area contributed by atoms with Gasteiger partial charge in [0.15, 0.2) is 11.4 Å². The van der Waals surface area contributed by atoms with Crippen molar-refractivity contribution in [2.75, 3.05) is 0 Å². The maximum absolute atomic E-state index is 11.4. The molecule has 0 spiro atoms. The van der Waals surface area contributed by atoms with Gasteiger partial charge in [-0.3, -0.25) is 4.79 Å². The van der Waals surface area contributed by atoms with Crippen LogP contribution in [0.4, 0.5) is 0 Å². The van der Waals surface area contributed by atoms with Crippen LogP contribution >= 0.6 is 34.2 Å². The molecule has 6 heteroatoms. The minimum atomic E-state index is -0.0322. The second kappa shape index (κ2) is 3.71. The Balaban J connectivity index is 2.96. The van der Waals surface area contributed by atoms with Crippen LogP contribution in [0.25, 0.3) is 11.0 Å². The SMILES string of the molecule is CC(=O)c1cc(Cl)nc2c1c(I)nn2C. The van der Waals surface area contributed by atoms with Gasteiger partial charge in [0.05, 0.1) is 5.39 Å². The molecule has 0 aliphatic heterocycles. The summed E-state index contributed by atoms with van der Waals surface area (Å²) in [7, 11) is 1.78. The van der Waals surface area contributed by atoms with E-state index in [2.05, 4.69) is 32.7 Å². The molecule has 0 aliphatic carbocycles. The van der Waals surface area contributed by atoms with E-state index in [4.69, 9.17) is 11.6 Å². The molecule has 0 saturated carbocycles. The Bertz CT molecular complexity index is 564. The summed E-state index contributed by atoms with van der Waals surface area (Å²) >= 11 is 7.92. The number of nitrogens with zero attached hydrogens (tertiary/aromatic N) is 3. The molecule has 0 atom stereocenters. The molecule has 4 nitrogen and oxygen atoms in total. The van der Waals surface area contributed by atoms with Gasteiger partial charge in [0, 0.05) is 12.6 Å². The monoisotopic (exact) mass is 335 g/mol. The van der Waals surface area contributed by atoms with Crippen LogP contribution in [-0.4, -0.2) is 20.5 Å². The van der Waals surface area contributed by atoms with Gasteiger partial charge < -0.3 is 0 Å². The maximum Gasteiger partial charge on any atom is 0.161 e. The highest BCUT2D eigenvalue weighted by Gasteiger charge is 2.16. The molecule has 0 saturated heterocycles. The van der Waals surface area contributed by atoms with Crippen molar-refractivity contribution in [3.8, 4) is 0 Å². The van der Waals surface area contributed by atoms with Crippen LogP contribution in [0.1, 0.15) is 17.3 Å². The highest BCUT2D eigenvalue weighted by atomic mass is 127. The standard InChI is InChI=1S/C9H7ClIN3O/c1-4(15)5-3-6(10)12-9-7(5)8(11)13-14(9)2/h3H,1-2H3. The van der Waals surface area contributed by atoms with Crippen molar-refractivity contribution in [1.82, 2.24) is 14.8 Å². The van der Waals surface area contributed by atoms with Gasteiger partial charge in [-0.2, -0.15) is 5.10 Å². The van der Waals surface area contributed by atoms with Gasteiger partial charge in [-0.25, -0.2) is 9.67 Å². The van der Waals surface area contributed by atoms with Gasteiger partial charge >= 0.3 is 0 Å². The fourth-order valence-corrected chi connectivity index (χ4v) is 2.49. The molecule has 0 fully saturated rings. The Kier molecular flexibility index (Phi) is 2.68. The van der Waals surface area contributed by atoms with E-state index in [0.29, 0.717) is 16.4 Å². The van der Waals surface area contributed by atoms with Gasteiger partial charge in [-0.05, 0) is 35.6 Å². The Morgan fingerprint density at radius 3 is 2.87 bits per heavy atom. The van der Waals surface area contributed by atoms with Crippen molar-refractivity contribution < 1.29 is 4.79 Å². The van der Waals surface area contributed by atoms with Gasteiger partial charge in [0.25, 0.3) is 0 Å². The van der Waals surface area contributed by atoms with Crippen LogP contribution < -0.4 is 0 Å². The molecular formula is C9H7ClIN3O. The minimum absolute atomic E-state index is 0.0322. The predicted molar refractivity (Wildman–Crippen MR) is 66.2 cm³/mol. The summed E-state index contributed by atoms with van der Waals surface area (Å²) in [6.45, 7) is 1.51. The zero-order valence-corrected chi connectivity index (χ0v) is 11.0. The molecule has 0 bridgehead atoms. The summed E-state index contributed by atoms with van der Waals surface area (Å²) in [6.07, 6.45) is 0. The zero-order valence-electron chi connectivity index (χ0n) is 8.08. The number of hydrogen-bond acceptors (Lipinski definition) is 3. The van der Waals surface area contributed by atoms with Crippen molar-refractivity contribution in [3.05, 3.63) is 20.5 Å². The lowest BCUT2D eigenvalue weighted by molar-refractivity contribution is 0.101. The lowest BCUT2D eigenvalue weighted by atomic mass is 10.1. The fourth-order valence-electron chi connectivity index (χ4n) is 1.45. The molecule has 78 valence electrons. The smallest absolute Gasteiger partial charge is 0.161 e. The average molecular weight is 336 g/mol. The van der Waals surface area contributed by atoms with E-state index in [0.717, 1.165) is 9.09 Å². The number of Topliss-reactive ketones (excluding diaryl/α,β-unsaturated/α-hetero) is 1. The van der Waals surface area contributed by atoms with Crippen LogP contribution in [-0.2, 0) is 7.05 Å². The highest BCUT2D eigenvalue weighted by molar-refractivity contribution is 14.1. The second-order valence-electron chi connectivity index (χ2n) is 3.16. The minimum Gasteiger partial charge on any atom is -0.294 e. The van der Waals surface area contributed by atoms with Crippen molar-refractivity contribution >= 4 is 51.0 Å². The second-order valence-corrected chi connectivity index (χ2v) is 4.57. The highest BCUT2D eigenvalue weighted by Crippen LogP contribution is 2.25. The largest absolute Gasteiger partial charge is 0.294 e. The average Bonchev–Trinajstić information content (AvgIpc) is 2.41. The third kappa shape index (κ3) is 1.74. The van der Waals surface area contributed by atoms with Gasteiger partial charge in [0.2, 0.25) is 0 Å². The first-order valence-electron chi connectivity index (χ1n) is 4.20. The number of halogens is 2. The van der Waals surface area contributed by atoms with Gasteiger partial charge in [-0.1, -0.05) is 11.6 Å². The van der Waals surface area contributed by atoms with Crippen LogP contribution in [0.15, 0.2) is 6.07 Å². The topological polar surface area (TPSA) is 47.8 Å². The maximum atomic E-state index is 11.4. The normalized spacial score (nSPS) is 10.9. The van der Waals surface area contributed by atoms with Gasteiger partial charge in [-0.15, -0.1) is 0 Å². The van der Waals surface area contributed by atoms with Crippen molar-refractivity contribution in [1.29, 1.82) is 0 Å². The van der Waals surface area contributed by atoms with E-state index >= 15 is 0 Å². The Morgan fingerprint density at radius 1 is 1.60 bits per heavy atom. The molecule has 2 rings (SSSR count). The molecular weight excluding hydrogens is 328 g/mol. The Hall–Kier alpha value is -0.690. The summed E-state index contributed by atoms with van der Waals surface area (Å²) in [5, 5.41) is 5.29. The first kappa shape index (κ1) is 10.8. The zero-order chi connectivity index (χ0) is 11.2. The van der Waals surface area contributed by atoms with Crippen molar-refractivity contribution in [2.24, 2.45) is 7.05 Å². The number of rotatable bonds is 1. The quantitative estimate of drug-likeness (QED) is 0.457. The lowest BCUT2D eigenvalue weighted by Gasteiger charge is -2.00. The van der Waals surface area contributed by atoms with E-state index in [-0.39, 0.29) is 5.78 Å². The number of pyridine rings is 1. The molecule has 15 heavy (non-hydrogen) atoms. The van der Waals surface area contributed by atoms with Crippen LogP contribution in [0, 0.1) is 3.70 Å². The summed E-state index contributed by atoms with van der Waals surface area (Å²) in [5.41, 5.74) is 1.21. The molecule has 0 aliphatic rings. The number of ketones is 1. The van der Waals surface area contributed by atoms with E-state index in [1.807, 2.05) is 0 Å². The van der Waals surface area contributed by atoms with Crippen molar-refractivity contribution in [3.63, 3.8) is 0 Å². The third-order valence-corrected chi connectivity index (χ3v) is 3.05. The number of aryl methyl sites for hydroxylation is 1. The number of carbonyl (C=O) groups is 1. The predicted octanol–water partition coefficient (Wildman–Crippen LogP) is 2.43. The molecule has 0 aromatic carbocycles. The lowest BCUT2D eigenvalue weighted by Crippen LogP contribution is -1.97. The molecule has 0 unspecified atom stereocenters. The van der Waals surface area contributed by atoms with E-state index in [1.165, 1.54) is 6.92 Å². The first-order valence-corrected chi connectivity index (χ1v) is 5.66. The number of fused-ring (bicyclic) bond motifs is 1. The molecule has 0 N–H and O–H groups in total. The summed E-state index contributed by atoms with van der Waals surface area (Å²) in [6, 6.07) is 1.58.